The highest BCUT2D eigenvalue weighted by Crippen LogP contribution is 2.24. The average Bonchev–Trinajstić information content (AvgIpc) is 3.11. The Kier molecular flexibility index (Phi) is 5.44. The zero-order chi connectivity index (χ0) is 18.7. The van der Waals surface area contributed by atoms with Gasteiger partial charge >= 0.3 is 0 Å². The van der Waals surface area contributed by atoms with Crippen LogP contribution in [-0.4, -0.2) is 39.9 Å². The summed E-state index contributed by atoms with van der Waals surface area (Å²) in [4.78, 5) is 25.6. The number of hydrogen-bond acceptors (Lipinski definition) is 3. The van der Waals surface area contributed by atoms with Gasteiger partial charge in [-0.15, -0.1) is 0 Å². The topological polar surface area (TPSA) is 66.1 Å². The van der Waals surface area contributed by atoms with Crippen LogP contribution in [0.3, 0.4) is 0 Å². The van der Waals surface area contributed by atoms with Crippen molar-refractivity contribution in [3.8, 4) is 0 Å². The molecule has 0 aliphatic carbocycles. The third-order valence-electron chi connectivity index (χ3n) is 4.84. The van der Waals surface area contributed by atoms with Gasteiger partial charge in [0.15, 0.2) is 5.78 Å². The van der Waals surface area contributed by atoms with E-state index in [1.54, 1.807) is 4.90 Å². The number of halogens is 2. The molecule has 0 unspecified atom stereocenters. The van der Waals surface area contributed by atoms with Crippen LogP contribution in [0.25, 0.3) is 0 Å². The minimum atomic E-state index is -0.525. The number of nitrogens with one attached hydrogen (secondary N) is 1. The summed E-state index contributed by atoms with van der Waals surface area (Å²) < 4.78 is 27.5. The Morgan fingerprint density at radius 2 is 2.04 bits per heavy atom. The second kappa shape index (κ2) is 7.76. The fourth-order valence-electron chi connectivity index (χ4n) is 3.39. The number of rotatable bonds is 5. The summed E-state index contributed by atoms with van der Waals surface area (Å²) in [6, 6.07) is 5.35. The van der Waals surface area contributed by atoms with Crippen molar-refractivity contribution in [3.05, 3.63) is 52.9 Å². The Morgan fingerprint density at radius 1 is 1.31 bits per heavy atom. The molecule has 7 heteroatoms. The first-order chi connectivity index (χ1) is 12.5. The molecule has 1 aromatic carbocycles. The lowest BCUT2D eigenvalue weighted by Gasteiger charge is -2.32. The third-order valence-corrected chi connectivity index (χ3v) is 4.84. The highest BCUT2D eigenvalue weighted by molar-refractivity contribution is 5.97. The molecule has 0 radical (unpaired) electrons. The van der Waals surface area contributed by atoms with E-state index in [2.05, 4.69) is 10.2 Å². The number of hydrogen-bond donors (Lipinski definition) is 1. The Morgan fingerprint density at radius 3 is 2.69 bits per heavy atom. The number of Topliss-reactive ketones (excluding diaryl/α,β-unsaturated/α-hetero) is 1. The molecule has 1 atom stereocenters. The van der Waals surface area contributed by atoms with Crippen molar-refractivity contribution >= 4 is 11.7 Å². The molecule has 1 fully saturated rings. The van der Waals surface area contributed by atoms with Crippen LogP contribution in [0.5, 0.6) is 0 Å². The van der Waals surface area contributed by atoms with Gasteiger partial charge in [-0.3, -0.25) is 14.7 Å². The highest BCUT2D eigenvalue weighted by atomic mass is 19.1. The maximum absolute atomic E-state index is 13.8. The maximum atomic E-state index is 13.8. The van der Waals surface area contributed by atoms with E-state index in [0.29, 0.717) is 25.9 Å². The minimum absolute atomic E-state index is 0.107. The molecule has 3 rings (SSSR count). The van der Waals surface area contributed by atoms with Crippen molar-refractivity contribution in [3.63, 3.8) is 0 Å². The summed E-state index contributed by atoms with van der Waals surface area (Å²) >= 11 is 0. The molecule has 1 saturated heterocycles. The summed E-state index contributed by atoms with van der Waals surface area (Å²) in [6.07, 6.45) is 2.68. The number of H-pyrrole nitrogens is 1. The first-order valence-corrected chi connectivity index (χ1v) is 8.74. The molecular formula is C19H21F2N3O2. The highest BCUT2D eigenvalue weighted by Gasteiger charge is 2.26. The Labute approximate surface area is 150 Å². The van der Waals surface area contributed by atoms with E-state index in [0.717, 1.165) is 12.8 Å². The normalized spacial score (nSPS) is 17.3. The summed E-state index contributed by atoms with van der Waals surface area (Å²) in [7, 11) is 0. The number of amides is 1. The first-order valence-electron chi connectivity index (χ1n) is 8.74. The summed E-state index contributed by atoms with van der Waals surface area (Å²) in [6.45, 7) is 2.55. The summed E-state index contributed by atoms with van der Waals surface area (Å²) in [5, 5.41) is 6.45. The average molecular weight is 361 g/mol. The number of nitrogens with zero attached hydrogens (tertiary/aromatic N) is 2. The monoisotopic (exact) mass is 361 g/mol. The molecule has 0 bridgehead atoms. The smallest absolute Gasteiger partial charge is 0.271 e. The van der Waals surface area contributed by atoms with Crippen molar-refractivity contribution in [1.29, 1.82) is 0 Å². The second-order valence-corrected chi connectivity index (χ2v) is 6.72. The van der Waals surface area contributed by atoms with E-state index < -0.39 is 11.6 Å². The van der Waals surface area contributed by atoms with Gasteiger partial charge in [-0.05, 0) is 49.8 Å². The van der Waals surface area contributed by atoms with Gasteiger partial charge in [0.25, 0.3) is 5.91 Å². The van der Waals surface area contributed by atoms with Crippen molar-refractivity contribution in [2.45, 2.75) is 32.6 Å². The van der Waals surface area contributed by atoms with Gasteiger partial charge in [-0.2, -0.15) is 5.10 Å². The van der Waals surface area contributed by atoms with Crippen LogP contribution in [0.2, 0.25) is 0 Å². The van der Waals surface area contributed by atoms with Gasteiger partial charge in [-0.1, -0.05) is 6.07 Å². The van der Waals surface area contributed by atoms with E-state index in [1.165, 1.54) is 31.2 Å². The van der Waals surface area contributed by atoms with E-state index in [4.69, 9.17) is 0 Å². The number of benzene rings is 1. The van der Waals surface area contributed by atoms with Gasteiger partial charge in [0.1, 0.15) is 23.0 Å². The van der Waals surface area contributed by atoms with E-state index >= 15 is 0 Å². The lowest BCUT2D eigenvalue weighted by Crippen LogP contribution is -2.40. The fraction of sp³-hybridized carbons (Fsp3) is 0.421. The predicted octanol–water partition coefficient (Wildman–Crippen LogP) is 3.38. The SMILES string of the molecule is CC(=O)c1cc(C(=O)N2CCC[C@@H](CCc3c(F)cccc3F)C2)[nH]n1. The zero-order valence-corrected chi connectivity index (χ0v) is 14.6. The standard InChI is InChI=1S/C19H21F2N3O2/c1-12(25)17-10-18(23-22-17)19(26)24-9-3-4-13(11-24)7-8-14-15(20)5-2-6-16(14)21/h2,5-6,10,13H,3-4,7-9,11H2,1H3,(H,22,23)/t13-/m0/s1. The van der Waals surface area contributed by atoms with Gasteiger partial charge < -0.3 is 4.90 Å². The first kappa shape index (κ1) is 18.2. The lowest BCUT2D eigenvalue weighted by atomic mass is 9.91. The number of carbonyl (C=O) groups is 2. The van der Waals surface area contributed by atoms with Gasteiger partial charge in [0, 0.05) is 25.6 Å². The molecular weight excluding hydrogens is 340 g/mol. The van der Waals surface area contributed by atoms with Crippen molar-refractivity contribution in [2.24, 2.45) is 5.92 Å². The molecule has 2 aromatic rings. The summed E-state index contributed by atoms with van der Waals surface area (Å²) in [5.41, 5.74) is 0.628. The minimum Gasteiger partial charge on any atom is -0.337 e. The molecule has 5 nitrogen and oxygen atoms in total. The van der Waals surface area contributed by atoms with Crippen LogP contribution in [0.15, 0.2) is 24.3 Å². The second-order valence-electron chi connectivity index (χ2n) is 6.72. The molecule has 0 saturated carbocycles. The number of aromatic amines is 1. The van der Waals surface area contributed by atoms with Crippen molar-refractivity contribution in [1.82, 2.24) is 15.1 Å². The molecule has 26 heavy (non-hydrogen) atoms. The number of ketones is 1. The molecule has 1 aliphatic heterocycles. The Hall–Kier alpha value is -2.57. The Balaban J connectivity index is 1.61. The number of likely N-dealkylation sites (tertiary alicyclic amines) is 1. The fourth-order valence-corrected chi connectivity index (χ4v) is 3.39. The van der Waals surface area contributed by atoms with E-state index in [-0.39, 0.29) is 34.6 Å². The van der Waals surface area contributed by atoms with Crippen molar-refractivity contribution < 1.29 is 18.4 Å². The largest absolute Gasteiger partial charge is 0.337 e. The summed E-state index contributed by atoms with van der Waals surface area (Å²) in [5.74, 6) is -1.27. The van der Waals surface area contributed by atoms with Gasteiger partial charge in [0.2, 0.25) is 0 Å². The molecule has 1 N–H and O–H groups in total. The number of aromatic nitrogens is 2. The number of carbonyl (C=O) groups excluding carboxylic acids is 2. The van der Waals surface area contributed by atoms with Crippen molar-refractivity contribution in [2.75, 3.05) is 13.1 Å². The lowest BCUT2D eigenvalue weighted by molar-refractivity contribution is 0.0662. The zero-order valence-electron chi connectivity index (χ0n) is 14.6. The maximum Gasteiger partial charge on any atom is 0.271 e. The Bertz CT molecular complexity index is 799. The quantitative estimate of drug-likeness (QED) is 0.831. The van der Waals surface area contributed by atoms with Crippen LogP contribution < -0.4 is 0 Å². The van der Waals surface area contributed by atoms with Crippen LogP contribution in [0.4, 0.5) is 8.78 Å². The molecule has 1 aromatic heterocycles. The predicted molar refractivity (Wildman–Crippen MR) is 91.9 cm³/mol. The van der Waals surface area contributed by atoms with E-state index in [1.807, 2.05) is 0 Å². The molecule has 0 spiro atoms. The van der Waals surface area contributed by atoms with Gasteiger partial charge in [-0.25, -0.2) is 8.78 Å². The molecule has 138 valence electrons. The van der Waals surface area contributed by atoms with Gasteiger partial charge in [0.05, 0.1) is 0 Å². The third kappa shape index (κ3) is 3.98. The van der Waals surface area contributed by atoms with Crippen LogP contribution >= 0.6 is 0 Å². The van der Waals surface area contributed by atoms with E-state index in [9.17, 15) is 18.4 Å². The molecule has 1 amide bonds. The van der Waals surface area contributed by atoms with Crippen LogP contribution in [0.1, 0.15) is 52.7 Å². The van der Waals surface area contributed by atoms with Crippen LogP contribution in [-0.2, 0) is 6.42 Å². The number of piperidine rings is 1. The molecule has 2 heterocycles. The van der Waals surface area contributed by atoms with Crippen LogP contribution in [0, 0.1) is 17.6 Å². The molecule has 1 aliphatic rings.